The highest BCUT2D eigenvalue weighted by atomic mass is 16.5. The van der Waals surface area contributed by atoms with E-state index in [0.717, 1.165) is 19.3 Å². The van der Waals surface area contributed by atoms with E-state index in [9.17, 15) is 9.59 Å². The lowest BCUT2D eigenvalue weighted by atomic mass is 9.65. The Bertz CT molecular complexity index is 548. The van der Waals surface area contributed by atoms with Crippen molar-refractivity contribution in [2.45, 2.75) is 53.4 Å². The molecule has 0 radical (unpaired) electrons. The summed E-state index contributed by atoms with van der Waals surface area (Å²) in [5, 5.41) is 0. The summed E-state index contributed by atoms with van der Waals surface area (Å²) in [6, 6.07) is 0. The van der Waals surface area contributed by atoms with Gasteiger partial charge in [-0.05, 0) is 48.5 Å². The van der Waals surface area contributed by atoms with Gasteiger partial charge in [-0.1, -0.05) is 19.9 Å². The Morgan fingerprint density at radius 1 is 1.17 bits per heavy atom. The van der Waals surface area contributed by atoms with E-state index in [4.69, 9.17) is 9.47 Å². The molecular weight excluding hydrogens is 292 g/mol. The first-order chi connectivity index (χ1) is 10.8. The van der Waals surface area contributed by atoms with Gasteiger partial charge in [0.05, 0.1) is 6.61 Å². The maximum Gasteiger partial charge on any atom is 0.302 e. The second-order valence-corrected chi connectivity index (χ2v) is 8.14. The molecule has 3 aliphatic rings. The molecule has 0 aliphatic heterocycles. The van der Waals surface area contributed by atoms with E-state index < -0.39 is 0 Å². The van der Waals surface area contributed by atoms with Gasteiger partial charge >= 0.3 is 11.9 Å². The molecule has 3 aliphatic carbocycles. The molecule has 0 unspecified atom stereocenters. The Morgan fingerprint density at radius 3 is 2.52 bits per heavy atom. The summed E-state index contributed by atoms with van der Waals surface area (Å²) in [5.74, 6) is 1.18. The Morgan fingerprint density at radius 2 is 1.87 bits per heavy atom. The Labute approximate surface area is 138 Å². The predicted octanol–water partition coefficient (Wildman–Crippen LogP) is 3.50. The third-order valence-electron chi connectivity index (χ3n) is 6.85. The van der Waals surface area contributed by atoms with Crippen LogP contribution in [0.1, 0.15) is 53.4 Å². The molecule has 2 saturated carbocycles. The topological polar surface area (TPSA) is 52.6 Å². The molecule has 2 fully saturated rings. The average Bonchev–Trinajstić information content (AvgIpc) is 2.89. The molecule has 0 amide bonds. The Kier molecular flexibility index (Phi) is 4.06. The molecule has 0 saturated heterocycles. The van der Waals surface area contributed by atoms with Crippen molar-refractivity contribution >= 4 is 11.9 Å². The van der Waals surface area contributed by atoms with Crippen molar-refractivity contribution in [1.29, 1.82) is 0 Å². The second kappa shape index (κ2) is 5.64. The van der Waals surface area contributed by atoms with Crippen LogP contribution >= 0.6 is 0 Å². The van der Waals surface area contributed by atoms with Crippen LogP contribution in [0.2, 0.25) is 0 Å². The molecule has 0 heterocycles. The first-order valence-corrected chi connectivity index (χ1v) is 8.74. The molecule has 0 aromatic carbocycles. The van der Waals surface area contributed by atoms with Crippen LogP contribution in [-0.4, -0.2) is 25.2 Å². The Hall–Kier alpha value is -1.32. The van der Waals surface area contributed by atoms with Gasteiger partial charge in [-0.3, -0.25) is 9.59 Å². The Balaban J connectivity index is 1.91. The largest absolute Gasteiger partial charge is 0.466 e. The van der Waals surface area contributed by atoms with Crippen LogP contribution in [0.5, 0.6) is 0 Å². The molecule has 0 aromatic heterocycles. The quantitative estimate of drug-likeness (QED) is 0.587. The van der Waals surface area contributed by atoms with E-state index in [2.05, 4.69) is 19.9 Å². The summed E-state index contributed by atoms with van der Waals surface area (Å²) < 4.78 is 10.8. The fraction of sp³-hybridized carbons (Fsp3) is 0.789. The third-order valence-corrected chi connectivity index (χ3v) is 6.85. The summed E-state index contributed by atoms with van der Waals surface area (Å²) in [4.78, 5) is 22.6. The molecular formula is C19H28O4. The smallest absolute Gasteiger partial charge is 0.302 e. The van der Waals surface area contributed by atoms with E-state index >= 15 is 0 Å². The lowest BCUT2D eigenvalue weighted by molar-refractivity contribution is -0.143. The summed E-state index contributed by atoms with van der Waals surface area (Å²) in [6.45, 7) is 8.60. The van der Waals surface area contributed by atoms with Gasteiger partial charge in [-0.15, -0.1) is 0 Å². The third kappa shape index (κ3) is 2.50. The van der Waals surface area contributed by atoms with E-state index in [1.807, 2.05) is 0 Å². The lowest BCUT2D eigenvalue weighted by Gasteiger charge is -2.40. The number of ether oxygens (including phenoxy) is 2. The minimum absolute atomic E-state index is 0.0529. The second-order valence-electron chi connectivity index (χ2n) is 8.14. The highest BCUT2D eigenvalue weighted by Gasteiger charge is 2.65. The van der Waals surface area contributed by atoms with Gasteiger partial charge in [0.1, 0.15) is 6.61 Å². The van der Waals surface area contributed by atoms with Crippen LogP contribution in [0, 0.1) is 28.6 Å². The molecule has 128 valence electrons. The van der Waals surface area contributed by atoms with Gasteiger partial charge in [-0.2, -0.15) is 0 Å². The van der Waals surface area contributed by atoms with Crippen molar-refractivity contribution in [2.75, 3.05) is 13.2 Å². The fourth-order valence-corrected chi connectivity index (χ4v) is 5.77. The van der Waals surface area contributed by atoms with Gasteiger partial charge < -0.3 is 9.47 Å². The van der Waals surface area contributed by atoms with Crippen molar-refractivity contribution in [2.24, 2.45) is 28.6 Å². The van der Waals surface area contributed by atoms with Crippen LogP contribution in [0.15, 0.2) is 11.6 Å². The molecule has 4 heteroatoms. The van der Waals surface area contributed by atoms with Crippen LogP contribution in [0.25, 0.3) is 0 Å². The number of esters is 2. The fourth-order valence-electron chi connectivity index (χ4n) is 5.77. The molecule has 4 nitrogen and oxygen atoms in total. The van der Waals surface area contributed by atoms with Crippen LogP contribution < -0.4 is 0 Å². The first-order valence-electron chi connectivity index (χ1n) is 8.74. The number of allylic oxidation sites excluding steroid dienone is 1. The number of carbonyl (C=O) groups is 2. The number of carbonyl (C=O) groups excluding carboxylic acids is 2. The van der Waals surface area contributed by atoms with Crippen LogP contribution in [0.4, 0.5) is 0 Å². The SMILES string of the molecule is CC(=O)OCC1=CC[C@@H]2C[C@]13[C@@H](COC(C)=O)CC[C@H]3C2(C)C. The number of hydrogen-bond donors (Lipinski definition) is 0. The van der Waals surface area contributed by atoms with Crippen molar-refractivity contribution in [3.8, 4) is 0 Å². The minimum Gasteiger partial charge on any atom is -0.466 e. The zero-order chi connectivity index (χ0) is 16.8. The van der Waals surface area contributed by atoms with E-state index in [1.54, 1.807) is 0 Å². The van der Waals surface area contributed by atoms with Crippen molar-refractivity contribution < 1.29 is 19.1 Å². The summed E-state index contributed by atoms with van der Waals surface area (Å²) in [5.41, 5.74) is 1.62. The molecule has 2 bridgehead atoms. The van der Waals surface area contributed by atoms with Crippen molar-refractivity contribution in [3.63, 3.8) is 0 Å². The number of rotatable bonds is 4. The normalized spacial score (nSPS) is 37.0. The minimum atomic E-state index is -0.229. The monoisotopic (exact) mass is 320 g/mol. The summed E-state index contributed by atoms with van der Waals surface area (Å²) in [7, 11) is 0. The lowest BCUT2D eigenvalue weighted by Crippen LogP contribution is -2.38. The van der Waals surface area contributed by atoms with Gasteiger partial charge in [0.15, 0.2) is 0 Å². The van der Waals surface area contributed by atoms with Crippen molar-refractivity contribution in [1.82, 2.24) is 0 Å². The highest BCUT2D eigenvalue weighted by Crippen LogP contribution is 2.71. The molecule has 4 atom stereocenters. The molecule has 0 aromatic rings. The molecule has 0 N–H and O–H groups in total. The van der Waals surface area contributed by atoms with Gasteiger partial charge in [0, 0.05) is 25.2 Å². The number of hydrogen-bond acceptors (Lipinski definition) is 4. The maximum atomic E-state index is 11.3. The standard InChI is InChI=1S/C19H28O4/c1-12(20)22-10-15-6-5-14-9-19(15)16(11-23-13(2)21)7-8-17(19)18(14,3)4/h6,14,16-17H,5,7-11H2,1-4H3/t14-,16-,17+,19-/m1/s1. The van der Waals surface area contributed by atoms with E-state index in [0.29, 0.717) is 36.4 Å². The van der Waals surface area contributed by atoms with Crippen LogP contribution in [0.3, 0.4) is 0 Å². The summed E-state index contributed by atoms with van der Waals surface area (Å²) >= 11 is 0. The van der Waals surface area contributed by atoms with Gasteiger partial charge in [-0.25, -0.2) is 0 Å². The number of fused-ring (bicyclic) bond motifs is 1. The molecule has 23 heavy (non-hydrogen) atoms. The molecule has 1 spiro atoms. The predicted molar refractivity (Wildman–Crippen MR) is 86.5 cm³/mol. The summed E-state index contributed by atoms with van der Waals surface area (Å²) in [6.07, 6.45) is 6.79. The first kappa shape index (κ1) is 16.5. The van der Waals surface area contributed by atoms with Crippen molar-refractivity contribution in [3.05, 3.63) is 11.6 Å². The van der Waals surface area contributed by atoms with E-state index in [-0.39, 0.29) is 17.4 Å². The zero-order valence-electron chi connectivity index (χ0n) is 14.7. The average molecular weight is 320 g/mol. The van der Waals surface area contributed by atoms with E-state index in [1.165, 1.54) is 25.8 Å². The van der Waals surface area contributed by atoms with Crippen LogP contribution in [-0.2, 0) is 19.1 Å². The molecule has 3 rings (SSSR count). The van der Waals surface area contributed by atoms with Gasteiger partial charge in [0.25, 0.3) is 0 Å². The highest BCUT2D eigenvalue weighted by molar-refractivity contribution is 5.66. The van der Waals surface area contributed by atoms with Gasteiger partial charge in [0.2, 0.25) is 0 Å². The maximum absolute atomic E-state index is 11.3. The zero-order valence-corrected chi connectivity index (χ0v) is 14.7.